The molecule has 266 valence electrons. The summed E-state index contributed by atoms with van der Waals surface area (Å²) >= 11 is 0. The molecule has 1 aromatic heterocycles. The molecule has 1 aliphatic heterocycles. The predicted octanol–water partition coefficient (Wildman–Crippen LogP) is 12.3. The van der Waals surface area contributed by atoms with Crippen LogP contribution >= 0.6 is 0 Å². The molecule has 0 amide bonds. The standard InChI is InChI=1S/C52H37N4/c1-5-17-35(18-6-1)49-53-50(36-19-7-2-8-20-36)55-51(54-49)37-29-31-40(32-30-37)56-46-28-16-14-26-42(46)44-34-33-43-41-25-13-15-27-45(41)52(47(43)48(44)56,38-21-9-3-10-22-38)39-23-11-4-12-24-39/h1-34,49-50H,(H,54,55)/q-1. The highest BCUT2D eigenvalue weighted by atomic mass is 15.3. The van der Waals surface area contributed by atoms with Crippen molar-refractivity contribution in [2.45, 2.75) is 17.7 Å². The molecule has 2 atom stereocenters. The van der Waals surface area contributed by atoms with E-state index in [0.717, 1.165) is 28.2 Å². The molecular formula is C52H37N4-. The number of hydrogen-bond donors (Lipinski definition) is 1. The van der Waals surface area contributed by atoms with Crippen LogP contribution in [-0.4, -0.2) is 10.4 Å². The van der Waals surface area contributed by atoms with Crippen LogP contribution in [0.15, 0.2) is 211 Å². The Morgan fingerprint density at radius 2 is 1.09 bits per heavy atom. The Labute approximate surface area is 326 Å². The lowest BCUT2D eigenvalue weighted by Crippen LogP contribution is -2.34. The van der Waals surface area contributed by atoms with Crippen molar-refractivity contribution in [3.05, 3.63) is 251 Å². The van der Waals surface area contributed by atoms with Gasteiger partial charge < -0.3 is 15.2 Å². The summed E-state index contributed by atoms with van der Waals surface area (Å²) in [5.74, 6) is 0.833. The summed E-state index contributed by atoms with van der Waals surface area (Å²) in [6.45, 7) is 0. The van der Waals surface area contributed by atoms with Gasteiger partial charge in [0.25, 0.3) is 0 Å². The lowest BCUT2D eigenvalue weighted by Gasteiger charge is -2.44. The summed E-state index contributed by atoms with van der Waals surface area (Å²) in [7, 11) is 0. The van der Waals surface area contributed by atoms with Gasteiger partial charge >= 0.3 is 0 Å². The Hall–Kier alpha value is -7.01. The number of benzene rings is 8. The third kappa shape index (κ3) is 4.93. The molecular weight excluding hydrogens is 681 g/mol. The van der Waals surface area contributed by atoms with Gasteiger partial charge in [0.15, 0.2) is 0 Å². The molecule has 2 aliphatic rings. The van der Waals surface area contributed by atoms with Gasteiger partial charge in [0.05, 0.1) is 16.4 Å². The van der Waals surface area contributed by atoms with E-state index in [9.17, 15) is 0 Å². The van der Waals surface area contributed by atoms with Gasteiger partial charge in [-0.2, -0.15) is 0 Å². The first-order chi connectivity index (χ1) is 27.8. The maximum absolute atomic E-state index is 5.18. The van der Waals surface area contributed by atoms with Crippen LogP contribution in [0.4, 0.5) is 0 Å². The van der Waals surface area contributed by atoms with Crippen LogP contribution in [0.2, 0.25) is 0 Å². The van der Waals surface area contributed by atoms with Crippen LogP contribution in [-0.2, 0) is 5.41 Å². The molecule has 9 aromatic rings. The fraction of sp³-hybridized carbons (Fsp3) is 0.0577. The molecule has 1 N–H and O–H groups in total. The van der Waals surface area contributed by atoms with E-state index in [1.54, 1.807) is 0 Å². The Bertz CT molecular complexity index is 2860. The minimum atomic E-state index is -0.539. The fourth-order valence-corrected chi connectivity index (χ4v) is 9.27. The number of aromatic nitrogens is 1. The third-order valence-corrected chi connectivity index (χ3v) is 11.7. The zero-order valence-electron chi connectivity index (χ0n) is 30.6. The number of fused-ring (bicyclic) bond motifs is 7. The number of nitrogens with one attached hydrogen (secondary N) is 1. The van der Waals surface area contributed by atoms with Crippen molar-refractivity contribution < 1.29 is 0 Å². The molecule has 0 radical (unpaired) electrons. The van der Waals surface area contributed by atoms with Crippen molar-refractivity contribution >= 4 is 27.6 Å². The van der Waals surface area contributed by atoms with E-state index in [0.29, 0.717) is 0 Å². The highest BCUT2D eigenvalue weighted by Gasteiger charge is 2.48. The Morgan fingerprint density at radius 1 is 0.500 bits per heavy atom. The van der Waals surface area contributed by atoms with E-state index in [2.05, 4.69) is 204 Å². The van der Waals surface area contributed by atoms with Crippen molar-refractivity contribution in [1.82, 2.24) is 9.88 Å². The number of hydrogen-bond acceptors (Lipinski definition) is 2. The van der Waals surface area contributed by atoms with Crippen LogP contribution < -0.4 is 5.32 Å². The smallest absolute Gasteiger partial charge is 0.126 e. The van der Waals surface area contributed by atoms with E-state index in [1.165, 1.54) is 55.2 Å². The van der Waals surface area contributed by atoms with E-state index in [-0.39, 0.29) is 12.3 Å². The lowest BCUT2D eigenvalue weighted by atomic mass is 9.67. The third-order valence-electron chi connectivity index (χ3n) is 11.7. The van der Waals surface area contributed by atoms with Gasteiger partial charge in [-0.1, -0.05) is 176 Å². The largest absolute Gasteiger partial charge is 0.613 e. The van der Waals surface area contributed by atoms with Gasteiger partial charge in [-0.05, 0) is 81.6 Å². The van der Waals surface area contributed by atoms with Gasteiger partial charge in [0.2, 0.25) is 0 Å². The first-order valence-corrected chi connectivity index (χ1v) is 19.3. The summed E-state index contributed by atoms with van der Waals surface area (Å²) in [6, 6.07) is 74.4. The van der Waals surface area contributed by atoms with Crippen LogP contribution in [0.5, 0.6) is 0 Å². The number of para-hydroxylation sites is 1. The monoisotopic (exact) mass is 717 g/mol. The van der Waals surface area contributed by atoms with Crippen molar-refractivity contribution in [3.8, 4) is 16.8 Å². The van der Waals surface area contributed by atoms with E-state index in [1.807, 2.05) is 12.1 Å². The van der Waals surface area contributed by atoms with Crippen molar-refractivity contribution in [2.24, 2.45) is 4.99 Å². The molecule has 0 saturated heterocycles. The van der Waals surface area contributed by atoms with Crippen LogP contribution in [0.1, 0.15) is 51.3 Å². The van der Waals surface area contributed by atoms with E-state index in [4.69, 9.17) is 10.3 Å². The quantitative estimate of drug-likeness (QED) is 0.183. The average molecular weight is 718 g/mol. The number of nitrogens with zero attached hydrogens (tertiary/aromatic N) is 3. The zero-order valence-corrected chi connectivity index (χ0v) is 30.6. The maximum Gasteiger partial charge on any atom is 0.126 e. The summed E-state index contributed by atoms with van der Waals surface area (Å²) in [6.07, 6.45) is -0.540. The van der Waals surface area contributed by atoms with Gasteiger partial charge in [-0.15, -0.1) is 0 Å². The van der Waals surface area contributed by atoms with Crippen molar-refractivity contribution in [3.63, 3.8) is 0 Å². The topological polar surface area (TPSA) is 43.4 Å². The van der Waals surface area contributed by atoms with E-state index < -0.39 is 5.41 Å². The molecule has 0 fully saturated rings. The zero-order chi connectivity index (χ0) is 37.1. The number of aliphatic imine (C=N–C) groups is 1. The molecule has 4 nitrogen and oxygen atoms in total. The second-order valence-electron chi connectivity index (χ2n) is 14.7. The van der Waals surface area contributed by atoms with Crippen LogP contribution in [0.3, 0.4) is 0 Å². The molecule has 11 rings (SSSR count). The molecule has 8 aromatic carbocycles. The van der Waals surface area contributed by atoms with Gasteiger partial charge in [-0.3, -0.25) is 4.99 Å². The highest BCUT2D eigenvalue weighted by molar-refractivity contribution is 6.14. The van der Waals surface area contributed by atoms with E-state index >= 15 is 0 Å². The van der Waals surface area contributed by atoms with Gasteiger partial charge in [0, 0.05) is 27.6 Å². The molecule has 0 spiro atoms. The number of rotatable bonds is 6. The molecule has 0 bridgehead atoms. The van der Waals surface area contributed by atoms with Crippen molar-refractivity contribution in [1.29, 1.82) is 0 Å². The first kappa shape index (κ1) is 32.4. The van der Waals surface area contributed by atoms with Gasteiger partial charge in [0.1, 0.15) is 5.84 Å². The van der Waals surface area contributed by atoms with Gasteiger partial charge in [-0.25, -0.2) is 0 Å². The molecule has 4 heteroatoms. The number of amidine groups is 1. The highest BCUT2D eigenvalue weighted by Crippen LogP contribution is 2.59. The minimum absolute atomic E-state index is 0.223. The molecule has 2 heterocycles. The Morgan fingerprint density at radius 3 is 1.79 bits per heavy atom. The Balaban J connectivity index is 1.13. The minimum Gasteiger partial charge on any atom is -0.613 e. The maximum atomic E-state index is 5.18. The van der Waals surface area contributed by atoms with Crippen LogP contribution in [0, 0.1) is 0 Å². The molecule has 56 heavy (non-hydrogen) atoms. The average Bonchev–Trinajstić information content (AvgIpc) is 3.79. The molecule has 0 saturated carbocycles. The second-order valence-corrected chi connectivity index (χ2v) is 14.7. The van der Waals surface area contributed by atoms with Crippen molar-refractivity contribution in [2.75, 3.05) is 0 Å². The Kier molecular flexibility index (Phi) is 7.58. The summed E-state index contributed by atoms with van der Waals surface area (Å²) < 4.78 is 2.49. The second kappa shape index (κ2) is 13.1. The predicted molar refractivity (Wildman–Crippen MR) is 229 cm³/mol. The summed E-state index contributed by atoms with van der Waals surface area (Å²) in [4.78, 5) is 5.18. The molecule has 1 aliphatic carbocycles. The summed E-state index contributed by atoms with van der Waals surface area (Å²) in [5, 5.41) is 11.3. The lowest BCUT2D eigenvalue weighted by molar-refractivity contribution is 0.631. The van der Waals surface area contributed by atoms with Crippen LogP contribution in [0.25, 0.3) is 43.9 Å². The normalized spacial score (nSPS) is 16.9. The SMILES string of the molecule is c1ccc(C2N=C(c3ccc(-n4c5ccccc5c5ccc6c(c54)C(c4ccccc4)(c4ccccc4)c4ccccc4-6)cc3)NC(c3ccccc3)[N-]2)cc1. The fourth-order valence-electron chi connectivity index (χ4n) is 9.27. The summed E-state index contributed by atoms with van der Waals surface area (Å²) in [5.41, 5.74) is 13.8. The first-order valence-electron chi connectivity index (χ1n) is 19.3. The molecule has 2 unspecified atom stereocenters.